The summed E-state index contributed by atoms with van der Waals surface area (Å²) in [6.07, 6.45) is 1.96. The van der Waals surface area contributed by atoms with Crippen molar-refractivity contribution in [1.82, 2.24) is 14.7 Å². The molecule has 1 N–H and O–H groups in total. The molecule has 0 spiro atoms. The zero-order valence-corrected chi connectivity index (χ0v) is 9.44. The summed E-state index contributed by atoms with van der Waals surface area (Å²) in [5.41, 5.74) is 1.85. The van der Waals surface area contributed by atoms with Crippen molar-refractivity contribution in [3.63, 3.8) is 0 Å². The lowest BCUT2D eigenvalue weighted by molar-refractivity contribution is 0.0758. The molecule has 84 valence electrons. The number of ether oxygens (including phenoxy) is 1. The number of nitrogens with one attached hydrogen (secondary N) is 1. The van der Waals surface area contributed by atoms with Crippen molar-refractivity contribution in [1.29, 1.82) is 0 Å². The molecule has 4 nitrogen and oxygen atoms in total. The zero-order valence-electron chi connectivity index (χ0n) is 8.69. The lowest BCUT2D eigenvalue weighted by Gasteiger charge is -2.21. The Kier molecular flexibility index (Phi) is 2.55. The maximum absolute atomic E-state index is 6.08. The van der Waals surface area contributed by atoms with Gasteiger partial charge in [-0.2, -0.15) is 0 Å². The van der Waals surface area contributed by atoms with Crippen LogP contribution in [0.15, 0.2) is 24.4 Å². The van der Waals surface area contributed by atoms with Crippen molar-refractivity contribution < 1.29 is 4.74 Å². The fourth-order valence-corrected chi connectivity index (χ4v) is 2.13. The third-order valence-electron chi connectivity index (χ3n) is 2.74. The largest absolute Gasteiger partial charge is 0.378 e. The van der Waals surface area contributed by atoms with Gasteiger partial charge in [-0.15, -0.1) is 0 Å². The first-order valence-electron chi connectivity index (χ1n) is 5.29. The van der Waals surface area contributed by atoms with E-state index < -0.39 is 0 Å². The van der Waals surface area contributed by atoms with Gasteiger partial charge >= 0.3 is 0 Å². The van der Waals surface area contributed by atoms with Crippen LogP contribution < -0.4 is 5.32 Å². The molecule has 0 saturated carbocycles. The Hall–Kier alpha value is -1.10. The minimum atomic E-state index is 0.171. The van der Waals surface area contributed by atoms with E-state index in [2.05, 4.69) is 10.3 Å². The van der Waals surface area contributed by atoms with E-state index >= 15 is 0 Å². The number of hydrogen-bond acceptors (Lipinski definition) is 3. The molecule has 1 aliphatic heterocycles. The summed E-state index contributed by atoms with van der Waals surface area (Å²) in [6, 6.07) is 5.87. The van der Waals surface area contributed by atoms with Crippen molar-refractivity contribution in [2.45, 2.75) is 6.04 Å². The highest BCUT2D eigenvalue weighted by Gasteiger charge is 2.18. The Morgan fingerprint density at radius 1 is 1.50 bits per heavy atom. The Morgan fingerprint density at radius 2 is 2.44 bits per heavy atom. The van der Waals surface area contributed by atoms with Crippen LogP contribution in [-0.4, -0.2) is 29.1 Å². The predicted molar refractivity (Wildman–Crippen MR) is 61.8 cm³/mol. The normalized spacial score (nSPS) is 21.4. The van der Waals surface area contributed by atoms with Crippen molar-refractivity contribution in [2.24, 2.45) is 0 Å². The molecule has 1 aliphatic rings. The van der Waals surface area contributed by atoms with Crippen molar-refractivity contribution in [3.8, 4) is 0 Å². The smallest absolute Gasteiger partial charge is 0.138 e. The number of nitrogens with zero attached hydrogens (tertiary/aromatic N) is 2. The molecule has 5 heteroatoms. The maximum atomic E-state index is 6.08. The van der Waals surface area contributed by atoms with Crippen LogP contribution in [0.1, 0.15) is 11.7 Å². The molecule has 1 fully saturated rings. The first kappa shape index (κ1) is 10.1. The molecule has 0 aliphatic carbocycles. The van der Waals surface area contributed by atoms with E-state index in [9.17, 15) is 0 Å². The second kappa shape index (κ2) is 4.05. The molecular weight excluding hydrogens is 226 g/mol. The van der Waals surface area contributed by atoms with E-state index in [1.807, 2.05) is 28.8 Å². The number of morpholine rings is 1. The summed E-state index contributed by atoms with van der Waals surface area (Å²) < 4.78 is 7.30. The van der Waals surface area contributed by atoms with Crippen molar-refractivity contribution in [3.05, 3.63) is 35.2 Å². The van der Waals surface area contributed by atoms with Crippen LogP contribution in [0.2, 0.25) is 5.15 Å². The monoisotopic (exact) mass is 237 g/mol. The van der Waals surface area contributed by atoms with Crippen molar-refractivity contribution in [2.75, 3.05) is 19.8 Å². The average molecular weight is 238 g/mol. The molecule has 2 aromatic heterocycles. The highest BCUT2D eigenvalue weighted by atomic mass is 35.5. The lowest BCUT2D eigenvalue weighted by atomic mass is 10.2. The van der Waals surface area contributed by atoms with Crippen LogP contribution in [0, 0.1) is 0 Å². The highest BCUT2D eigenvalue weighted by molar-refractivity contribution is 6.29. The van der Waals surface area contributed by atoms with Gasteiger partial charge in [-0.1, -0.05) is 17.7 Å². The van der Waals surface area contributed by atoms with Crippen LogP contribution in [-0.2, 0) is 4.74 Å². The molecule has 0 bridgehead atoms. The van der Waals surface area contributed by atoms with Gasteiger partial charge in [0.25, 0.3) is 0 Å². The summed E-state index contributed by atoms with van der Waals surface area (Å²) in [5.74, 6) is 0. The van der Waals surface area contributed by atoms with Crippen LogP contribution in [0.25, 0.3) is 5.65 Å². The summed E-state index contributed by atoms with van der Waals surface area (Å²) in [7, 11) is 0. The second-order valence-corrected chi connectivity index (χ2v) is 4.21. The van der Waals surface area contributed by atoms with Gasteiger partial charge in [0.15, 0.2) is 0 Å². The summed E-state index contributed by atoms with van der Waals surface area (Å²) in [4.78, 5) is 4.53. The fraction of sp³-hybridized carbons (Fsp3) is 0.364. The van der Waals surface area contributed by atoms with Gasteiger partial charge in [0.2, 0.25) is 0 Å². The number of rotatable bonds is 1. The van der Waals surface area contributed by atoms with Gasteiger partial charge in [-0.05, 0) is 12.1 Å². The zero-order chi connectivity index (χ0) is 11.0. The summed E-state index contributed by atoms with van der Waals surface area (Å²) >= 11 is 6.08. The van der Waals surface area contributed by atoms with E-state index in [-0.39, 0.29) is 6.04 Å². The molecule has 3 heterocycles. The quantitative estimate of drug-likeness (QED) is 0.767. The van der Waals surface area contributed by atoms with Gasteiger partial charge < -0.3 is 10.1 Å². The Balaban J connectivity index is 2.01. The molecule has 2 aromatic rings. The number of imidazole rings is 1. The number of fused-ring (bicyclic) bond motifs is 1. The Bertz CT molecular complexity index is 505. The minimum Gasteiger partial charge on any atom is -0.378 e. The minimum absolute atomic E-state index is 0.171. The predicted octanol–water partition coefficient (Wildman–Crippen LogP) is 1.65. The van der Waals surface area contributed by atoms with Gasteiger partial charge in [0, 0.05) is 12.7 Å². The SMILES string of the molecule is Clc1cccc2nc(C3COCCN3)cn12. The molecular formula is C11H12ClN3O. The second-order valence-electron chi connectivity index (χ2n) is 3.82. The fourth-order valence-electron chi connectivity index (χ4n) is 1.92. The average Bonchev–Trinajstić information content (AvgIpc) is 2.76. The van der Waals surface area contributed by atoms with E-state index in [1.165, 1.54) is 0 Å². The van der Waals surface area contributed by atoms with Gasteiger partial charge in [-0.25, -0.2) is 4.98 Å². The van der Waals surface area contributed by atoms with Gasteiger partial charge in [-0.3, -0.25) is 4.40 Å². The molecule has 0 amide bonds. The number of hydrogen-bond donors (Lipinski definition) is 1. The van der Waals surface area contributed by atoms with Crippen LogP contribution in [0.5, 0.6) is 0 Å². The lowest BCUT2D eigenvalue weighted by Crippen LogP contribution is -2.34. The molecule has 0 radical (unpaired) electrons. The molecule has 1 atom stereocenters. The number of aromatic nitrogens is 2. The highest BCUT2D eigenvalue weighted by Crippen LogP contribution is 2.19. The third kappa shape index (κ3) is 1.69. The third-order valence-corrected chi connectivity index (χ3v) is 3.05. The van der Waals surface area contributed by atoms with Crippen LogP contribution in [0.3, 0.4) is 0 Å². The first-order chi connectivity index (χ1) is 7.84. The van der Waals surface area contributed by atoms with Gasteiger partial charge in [0.05, 0.1) is 24.9 Å². The molecule has 0 aromatic carbocycles. The van der Waals surface area contributed by atoms with Crippen LogP contribution >= 0.6 is 11.6 Å². The van der Waals surface area contributed by atoms with Gasteiger partial charge in [0.1, 0.15) is 10.8 Å². The standard InChI is InChI=1S/C11H12ClN3O/c12-10-2-1-3-11-14-8(6-15(10)11)9-7-16-5-4-13-9/h1-3,6,9,13H,4-5,7H2. The molecule has 16 heavy (non-hydrogen) atoms. The summed E-state index contributed by atoms with van der Waals surface area (Å²) in [6.45, 7) is 2.30. The van der Waals surface area contributed by atoms with E-state index in [0.29, 0.717) is 11.8 Å². The molecule has 3 rings (SSSR count). The Morgan fingerprint density at radius 3 is 3.19 bits per heavy atom. The summed E-state index contributed by atoms with van der Waals surface area (Å²) in [5, 5.41) is 4.05. The molecule has 1 unspecified atom stereocenters. The van der Waals surface area contributed by atoms with E-state index in [4.69, 9.17) is 16.3 Å². The van der Waals surface area contributed by atoms with E-state index in [1.54, 1.807) is 0 Å². The number of pyridine rings is 1. The molecule has 1 saturated heterocycles. The first-order valence-corrected chi connectivity index (χ1v) is 5.67. The number of halogens is 1. The van der Waals surface area contributed by atoms with Crippen LogP contribution in [0.4, 0.5) is 0 Å². The Labute approximate surface area is 98.2 Å². The maximum Gasteiger partial charge on any atom is 0.138 e. The van der Waals surface area contributed by atoms with Crippen molar-refractivity contribution >= 4 is 17.2 Å². The topological polar surface area (TPSA) is 38.6 Å². The van der Waals surface area contributed by atoms with E-state index in [0.717, 1.165) is 24.5 Å².